The average molecular weight is 373 g/mol. The van der Waals surface area contributed by atoms with Crippen molar-refractivity contribution in [3.05, 3.63) is 70.9 Å². The Morgan fingerprint density at radius 2 is 1.71 bits per heavy atom. The fraction of sp³-hybridized carbons (Fsp3) is 0.136. The molecule has 0 bridgehead atoms. The van der Waals surface area contributed by atoms with Crippen molar-refractivity contribution in [1.29, 1.82) is 0 Å². The summed E-state index contributed by atoms with van der Waals surface area (Å²) in [6.45, 7) is 3.86. The third kappa shape index (κ3) is 2.79. The van der Waals surface area contributed by atoms with Gasteiger partial charge in [0.25, 0.3) is 11.8 Å². The number of fused-ring (bicyclic) bond motifs is 1. The maximum Gasteiger partial charge on any atom is 0.335 e. The molecule has 1 aliphatic rings. The number of benzene rings is 2. The predicted molar refractivity (Wildman–Crippen MR) is 108 cm³/mol. The van der Waals surface area contributed by atoms with Gasteiger partial charge in [-0.15, -0.1) is 0 Å². The second-order valence-electron chi connectivity index (χ2n) is 6.94. The number of nitrogens with one attached hydrogen (secondary N) is 1. The molecule has 3 aromatic rings. The number of barbiturate groups is 1. The Balaban J connectivity index is 1.81. The molecule has 0 spiro atoms. The van der Waals surface area contributed by atoms with E-state index in [1.54, 1.807) is 18.2 Å². The molecule has 1 N–H and O–H groups in total. The highest BCUT2D eigenvalue weighted by Crippen LogP contribution is 2.27. The van der Waals surface area contributed by atoms with Crippen molar-refractivity contribution >= 4 is 40.5 Å². The van der Waals surface area contributed by atoms with Crippen LogP contribution < -0.4 is 10.2 Å². The van der Waals surface area contributed by atoms with Crippen molar-refractivity contribution in [2.24, 2.45) is 7.05 Å². The number of imide groups is 2. The third-order valence-corrected chi connectivity index (χ3v) is 5.08. The van der Waals surface area contributed by atoms with Crippen LogP contribution >= 0.6 is 0 Å². The van der Waals surface area contributed by atoms with E-state index >= 15 is 0 Å². The number of urea groups is 1. The molecule has 1 saturated heterocycles. The summed E-state index contributed by atoms with van der Waals surface area (Å²) in [5, 5.41) is 3.19. The van der Waals surface area contributed by atoms with Gasteiger partial charge in [-0.05, 0) is 49.2 Å². The highest BCUT2D eigenvalue weighted by Gasteiger charge is 2.37. The Kier molecular flexibility index (Phi) is 4.11. The van der Waals surface area contributed by atoms with Crippen LogP contribution in [0.4, 0.5) is 10.5 Å². The first-order valence-electron chi connectivity index (χ1n) is 8.89. The van der Waals surface area contributed by atoms with Crippen LogP contribution in [-0.4, -0.2) is 22.4 Å². The summed E-state index contributed by atoms with van der Waals surface area (Å²) < 4.78 is 1.93. The Hall–Kier alpha value is -3.67. The molecule has 0 unspecified atom stereocenters. The van der Waals surface area contributed by atoms with Gasteiger partial charge in [0.2, 0.25) is 0 Å². The Morgan fingerprint density at radius 1 is 0.964 bits per heavy atom. The number of carbonyl (C=O) groups is 3. The summed E-state index contributed by atoms with van der Waals surface area (Å²) in [6.07, 6.45) is 3.40. The number of carbonyl (C=O) groups excluding carboxylic acids is 3. The maximum atomic E-state index is 13.1. The van der Waals surface area contributed by atoms with Gasteiger partial charge in [0, 0.05) is 29.7 Å². The first-order valence-corrected chi connectivity index (χ1v) is 8.89. The van der Waals surface area contributed by atoms with Gasteiger partial charge in [-0.1, -0.05) is 24.3 Å². The van der Waals surface area contributed by atoms with E-state index in [1.165, 1.54) is 0 Å². The van der Waals surface area contributed by atoms with Crippen molar-refractivity contribution in [3.8, 4) is 0 Å². The predicted octanol–water partition coefficient (Wildman–Crippen LogP) is 3.46. The maximum absolute atomic E-state index is 13.1. The second kappa shape index (κ2) is 6.49. The molecule has 28 heavy (non-hydrogen) atoms. The van der Waals surface area contributed by atoms with E-state index in [9.17, 15) is 14.4 Å². The molecule has 0 saturated carbocycles. The van der Waals surface area contributed by atoms with Crippen molar-refractivity contribution in [2.75, 3.05) is 4.90 Å². The lowest BCUT2D eigenvalue weighted by molar-refractivity contribution is -0.122. The van der Waals surface area contributed by atoms with E-state index in [0.29, 0.717) is 5.69 Å². The minimum atomic E-state index is -0.742. The normalized spacial score (nSPS) is 16.2. The van der Waals surface area contributed by atoms with Crippen LogP contribution in [0.15, 0.2) is 54.2 Å². The fourth-order valence-electron chi connectivity index (χ4n) is 3.40. The number of aryl methyl sites for hydroxylation is 3. The Bertz CT molecular complexity index is 1190. The Morgan fingerprint density at radius 3 is 2.46 bits per heavy atom. The summed E-state index contributed by atoms with van der Waals surface area (Å²) in [5.74, 6) is -1.33. The highest BCUT2D eigenvalue weighted by atomic mass is 16.2. The summed E-state index contributed by atoms with van der Waals surface area (Å²) in [5.41, 5.74) is 4.09. The van der Waals surface area contributed by atoms with Crippen molar-refractivity contribution < 1.29 is 14.4 Å². The SMILES string of the molecule is Cc1ccc(N2C(=O)NC(=O)/C(=C\c3cn(C)c4ccccc34)C2=O)cc1C. The number of nitrogens with zero attached hydrogens (tertiary/aromatic N) is 2. The topological polar surface area (TPSA) is 71.4 Å². The van der Waals surface area contributed by atoms with Gasteiger partial charge in [-0.25, -0.2) is 9.69 Å². The molecule has 4 amide bonds. The van der Waals surface area contributed by atoms with E-state index in [2.05, 4.69) is 5.32 Å². The molecule has 0 radical (unpaired) electrons. The molecular weight excluding hydrogens is 354 g/mol. The second-order valence-corrected chi connectivity index (χ2v) is 6.94. The van der Waals surface area contributed by atoms with E-state index < -0.39 is 17.8 Å². The molecule has 6 nitrogen and oxygen atoms in total. The molecule has 6 heteroatoms. The number of para-hydroxylation sites is 1. The van der Waals surface area contributed by atoms with Crippen LogP contribution in [0.25, 0.3) is 17.0 Å². The molecule has 140 valence electrons. The fourth-order valence-corrected chi connectivity index (χ4v) is 3.40. The lowest BCUT2D eigenvalue weighted by atomic mass is 10.0. The van der Waals surface area contributed by atoms with E-state index in [0.717, 1.165) is 32.5 Å². The zero-order chi connectivity index (χ0) is 20.0. The molecular formula is C22H19N3O3. The van der Waals surface area contributed by atoms with Gasteiger partial charge in [0.15, 0.2) is 0 Å². The highest BCUT2D eigenvalue weighted by molar-refractivity contribution is 6.39. The number of hydrogen-bond acceptors (Lipinski definition) is 3. The van der Waals surface area contributed by atoms with E-state index in [4.69, 9.17) is 0 Å². The van der Waals surface area contributed by atoms with Gasteiger partial charge in [-0.3, -0.25) is 14.9 Å². The van der Waals surface area contributed by atoms with E-state index in [-0.39, 0.29) is 5.57 Å². The van der Waals surface area contributed by atoms with Crippen LogP contribution in [0.5, 0.6) is 0 Å². The van der Waals surface area contributed by atoms with E-state index in [1.807, 2.05) is 62.0 Å². The molecule has 1 aromatic heterocycles. The molecule has 1 fully saturated rings. The average Bonchev–Trinajstić information content (AvgIpc) is 2.97. The van der Waals surface area contributed by atoms with Crippen LogP contribution in [0.3, 0.4) is 0 Å². The Labute approximate surface area is 162 Å². The van der Waals surface area contributed by atoms with Crippen LogP contribution in [-0.2, 0) is 16.6 Å². The molecule has 2 heterocycles. The van der Waals surface area contributed by atoms with Crippen molar-refractivity contribution in [1.82, 2.24) is 9.88 Å². The lowest BCUT2D eigenvalue weighted by Gasteiger charge is -2.26. The number of anilines is 1. The van der Waals surface area contributed by atoms with Gasteiger partial charge in [-0.2, -0.15) is 0 Å². The number of hydrogen-bond donors (Lipinski definition) is 1. The molecule has 0 aliphatic carbocycles. The standard InChI is InChI=1S/C22H19N3O3/c1-13-8-9-16(10-14(13)2)25-21(27)18(20(26)23-22(25)28)11-15-12-24(3)19-7-5-4-6-17(15)19/h4-12H,1-3H3,(H,23,26,28)/b18-11+. The minimum absolute atomic E-state index is 0.0748. The minimum Gasteiger partial charge on any atom is -0.350 e. The van der Waals surface area contributed by atoms with Crippen molar-refractivity contribution in [2.45, 2.75) is 13.8 Å². The zero-order valence-electron chi connectivity index (χ0n) is 15.8. The van der Waals surface area contributed by atoms with Gasteiger partial charge >= 0.3 is 6.03 Å². The zero-order valence-corrected chi connectivity index (χ0v) is 15.8. The van der Waals surface area contributed by atoms with Gasteiger partial charge in [0.05, 0.1) is 5.69 Å². The first-order chi connectivity index (χ1) is 13.4. The summed E-state index contributed by atoms with van der Waals surface area (Å²) >= 11 is 0. The smallest absolute Gasteiger partial charge is 0.335 e. The number of aromatic nitrogens is 1. The molecule has 0 atom stereocenters. The van der Waals surface area contributed by atoms with Crippen LogP contribution in [0.2, 0.25) is 0 Å². The van der Waals surface area contributed by atoms with Gasteiger partial charge < -0.3 is 4.57 Å². The largest absolute Gasteiger partial charge is 0.350 e. The molecule has 2 aromatic carbocycles. The lowest BCUT2D eigenvalue weighted by Crippen LogP contribution is -2.54. The van der Waals surface area contributed by atoms with Crippen molar-refractivity contribution in [3.63, 3.8) is 0 Å². The molecule has 4 rings (SSSR count). The van der Waals surface area contributed by atoms with Crippen LogP contribution in [0.1, 0.15) is 16.7 Å². The number of rotatable bonds is 2. The monoisotopic (exact) mass is 373 g/mol. The summed E-state index contributed by atoms with van der Waals surface area (Å²) in [4.78, 5) is 38.8. The number of amides is 4. The summed E-state index contributed by atoms with van der Waals surface area (Å²) in [7, 11) is 1.90. The van der Waals surface area contributed by atoms with Crippen LogP contribution in [0, 0.1) is 13.8 Å². The van der Waals surface area contributed by atoms with Gasteiger partial charge in [0.1, 0.15) is 5.57 Å². The molecule has 1 aliphatic heterocycles. The quantitative estimate of drug-likeness (QED) is 0.552. The summed E-state index contributed by atoms with van der Waals surface area (Å²) in [6, 6.07) is 12.3. The first kappa shape index (κ1) is 17.7. The third-order valence-electron chi connectivity index (χ3n) is 5.08.